The summed E-state index contributed by atoms with van der Waals surface area (Å²) in [6.45, 7) is 8.57. The molecule has 0 amide bonds. The van der Waals surface area contributed by atoms with Gasteiger partial charge in [-0.3, -0.25) is 9.88 Å². The van der Waals surface area contributed by atoms with Crippen LogP contribution in [0.5, 0.6) is 0 Å². The van der Waals surface area contributed by atoms with E-state index in [9.17, 15) is 0 Å². The van der Waals surface area contributed by atoms with E-state index >= 15 is 0 Å². The van der Waals surface area contributed by atoms with Gasteiger partial charge in [0.05, 0.1) is 5.69 Å². The van der Waals surface area contributed by atoms with Crippen LogP contribution in [0.3, 0.4) is 0 Å². The van der Waals surface area contributed by atoms with Gasteiger partial charge in [0.15, 0.2) is 0 Å². The molecule has 1 rings (SSSR count). The molecule has 0 atom stereocenters. The first-order valence-corrected chi connectivity index (χ1v) is 6.55. The summed E-state index contributed by atoms with van der Waals surface area (Å²) in [6, 6.07) is 3.79. The van der Waals surface area contributed by atoms with Gasteiger partial charge in [0.1, 0.15) is 0 Å². The minimum Gasteiger partial charge on any atom is -0.399 e. The number of aromatic nitrogens is 1. The van der Waals surface area contributed by atoms with Crippen LogP contribution in [0.1, 0.15) is 19.5 Å². The van der Waals surface area contributed by atoms with E-state index < -0.39 is 0 Å². The highest BCUT2D eigenvalue weighted by molar-refractivity contribution is 5.37. The smallest absolute Gasteiger partial charge is 0.0564 e. The average molecular weight is 250 g/mol. The molecule has 0 bridgehead atoms. The largest absolute Gasteiger partial charge is 0.399 e. The van der Waals surface area contributed by atoms with E-state index in [1.54, 1.807) is 6.20 Å². The molecule has 102 valence electrons. The highest BCUT2D eigenvalue weighted by Crippen LogP contribution is 2.08. The Hall–Kier alpha value is -1.13. The van der Waals surface area contributed by atoms with Crippen molar-refractivity contribution in [3.05, 3.63) is 24.0 Å². The molecule has 4 heteroatoms. The van der Waals surface area contributed by atoms with Gasteiger partial charge >= 0.3 is 0 Å². The quantitative estimate of drug-likeness (QED) is 0.800. The van der Waals surface area contributed by atoms with Crippen LogP contribution >= 0.6 is 0 Å². The molecule has 0 fully saturated rings. The molecule has 0 aliphatic carbocycles. The van der Waals surface area contributed by atoms with Crippen molar-refractivity contribution in [1.82, 2.24) is 14.8 Å². The molecule has 0 saturated carbocycles. The molecule has 4 nitrogen and oxygen atoms in total. The topological polar surface area (TPSA) is 45.4 Å². The molecule has 0 saturated heterocycles. The predicted molar refractivity (Wildman–Crippen MR) is 77.3 cm³/mol. The molecule has 0 spiro atoms. The summed E-state index contributed by atoms with van der Waals surface area (Å²) in [5.41, 5.74) is 7.63. The maximum Gasteiger partial charge on any atom is 0.0564 e. The monoisotopic (exact) mass is 250 g/mol. The van der Waals surface area contributed by atoms with E-state index in [1.165, 1.54) is 0 Å². The van der Waals surface area contributed by atoms with Gasteiger partial charge in [-0.05, 0) is 32.1 Å². The van der Waals surface area contributed by atoms with Crippen molar-refractivity contribution in [1.29, 1.82) is 0 Å². The number of pyridine rings is 1. The molecule has 0 aliphatic rings. The van der Waals surface area contributed by atoms with Crippen molar-refractivity contribution in [2.45, 2.75) is 20.4 Å². The minimum atomic E-state index is 0.660. The number of nitrogen functional groups attached to an aromatic ring is 1. The second kappa shape index (κ2) is 7.34. The zero-order chi connectivity index (χ0) is 13.5. The summed E-state index contributed by atoms with van der Waals surface area (Å²) in [5.74, 6) is 0.660. The second-order valence-corrected chi connectivity index (χ2v) is 5.51. The van der Waals surface area contributed by atoms with Crippen LogP contribution in [0.4, 0.5) is 5.69 Å². The third kappa shape index (κ3) is 5.98. The molecule has 1 heterocycles. The molecule has 1 aromatic heterocycles. The van der Waals surface area contributed by atoms with E-state index in [0.29, 0.717) is 5.92 Å². The fourth-order valence-electron chi connectivity index (χ4n) is 1.91. The van der Waals surface area contributed by atoms with Crippen LogP contribution in [-0.4, -0.2) is 48.5 Å². The zero-order valence-electron chi connectivity index (χ0n) is 12.1. The first-order chi connectivity index (χ1) is 8.47. The Morgan fingerprint density at radius 3 is 2.56 bits per heavy atom. The summed E-state index contributed by atoms with van der Waals surface area (Å²) in [4.78, 5) is 9.02. The van der Waals surface area contributed by atoms with Crippen molar-refractivity contribution in [2.75, 3.05) is 39.5 Å². The van der Waals surface area contributed by atoms with Gasteiger partial charge in [0, 0.05) is 38.1 Å². The summed E-state index contributed by atoms with van der Waals surface area (Å²) in [6.07, 6.45) is 1.78. The Labute approximate surface area is 111 Å². The Kier molecular flexibility index (Phi) is 6.09. The lowest BCUT2D eigenvalue weighted by Gasteiger charge is -2.25. The van der Waals surface area contributed by atoms with Crippen LogP contribution in [0, 0.1) is 5.92 Å². The molecule has 0 aliphatic heterocycles. The van der Waals surface area contributed by atoms with Gasteiger partial charge < -0.3 is 10.6 Å². The summed E-state index contributed by atoms with van der Waals surface area (Å²) >= 11 is 0. The molecule has 1 aromatic rings. The van der Waals surface area contributed by atoms with E-state index in [-0.39, 0.29) is 0 Å². The summed E-state index contributed by atoms with van der Waals surface area (Å²) < 4.78 is 0. The lowest BCUT2D eigenvalue weighted by atomic mass is 10.2. The highest BCUT2D eigenvalue weighted by Gasteiger charge is 2.09. The molecule has 0 radical (unpaired) electrons. The van der Waals surface area contributed by atoms with Crippen LogP contribution in [0.2, 0.25) is 0 Å². The van der Waals surface area contributed by atoms with E-state index in [4.69, 9.17) is 5.73 Å². The van der Waals surface area contributed by atoms with Crippen molar-refractivity contribution >= 4 is 5.69 Å². The number of likely N-dealkylation sites (N-methyl/N-ethyl adjacent to an activating group) is 1. The molecular formula is C14H26N4. The number of rotatable bonds is 7. The van der Waals surface area contributed by atoms with Gasteiger partial charge in [-0.2, -0.15) is 0 Å². The van der Waals surface area contributed by atoms with Gasteiger partial charge in [0.25, 0.3) is 0 Å². The molecular weight excluding hydrogens is 224 g/mol. The number of nitrogens with two attached hydrogens (primary N) is 1. The first-order valence-electron chi connectivity index (χ1n) is 6.55. The minimum absolute atomic E-state index is 0.660. The maximum atomic E-state index is 5.79. The maximum absolute atomic E-state index is 5.79. The van der Waals surface area contributed by atoms with Crippen molar-refractivity contribution in [2.24, 2.45) is 5.92 Å². The van der Waals surface area contributed by atoms with E-state index in [2.05, 4.69) is 42.7 Å². The molecule has 0 unspecified atom stereocenters. The SMILES string of the molecule is CC(C)CN(CCN(C)C)Cc1cc(N)ccn1. The Balaban J connectivity index is 2.59. The third-order valence-corrected chi connectivity index (χ3v) is 2.71. The third-order valence-electron chi connectivity index (χ3n) is 2.71. The normalized spacial score (nSPS) is 11.7. The van der Waals surface area contributed by atoms with Gasteiger partial charge in [0.2, 0.25) is 0 Å². The number of nitrogens with zero attached hydrogens (tertiary/aromatic N) is 3. The summed E-state index contributed by atoms with van der Waals surface area (Å²) in [7, 11) is 4.21. The zero-order valence-corrected chi connectivity index (χ0v) is 12.1. The number of anilines is 1. The van der Waals surface area contributed by atoms with Crippen LogP contribution in [0.25, 0.3) is 0 Å². The molecule has 0 aromatic carbocycles. The fraction of sp³-hybridized carbons (Fsp3) is 0.643. The molecule has 18 heavy (non-hydrogen) atoms. The van der Waals surface area contributed by atoms with Crippen LogP contribution < -0.4 is 5.73 Å². The standard InChI is InChI=1S/C14H26N4/c1-12(2)10-18(8-7-17(3)4)11-14-9-13(15)5-6-16-14/h5-6,9,12H,7-8,10-11H2,1-4H3,(H2,15,16). The van der Waals surface area contributed by atoms with Gasteiger partial charge in [-0.1, -0.05) is 13.8 Å². The van der Waals surface area contributed by atoms with Gasteiger partial charge in [-0.25, -0.2) is 0 Å². The average Bonchev–Trinajstić information content (AvgIpc) is 2.25. The van der Waals surface area contributed by atoms with Crippen LogP contribution in [-0.2, 0) is 6.54 Å². The lowest BCUT2D eigenvalue weighted by Crippen LogP contribution is -2.34. The number of hydrogen-bond donors (Lipinski definition) is 1. The second-order valence-electron chi connectivity index (χ2n) is 5.51. The first kappa shape index (κ1) is 14.9. The van der Waals surface area contributed by atoms with Crippen molar-refractivity contribution in [3.63, 3.8) is 0 Å². The van der Waals surface area contributed by atoms with E-state index in [0.717, 1.165) is 37.6 Å². The Morgan fingerprint density at radius 1 is 1.28 bits per heavy atom. The van der Waals surface area contributed by atoms with E-state index in [1.807, 2.05) is 12.1 Å². The Morgan fingerprint density at radius 2 is 2.00 bits per heavy atom. The number of hydrogen-bond acceptors (Lipinski definition) is 4. The van der Waals surface area contributed by atoms with Crippen molar-refractivity contribution in [3.8, 4) is 0 Å². The molecule has 2 N–H and O–H groups in total. The lowest BCUT2D eigenvalue weighted by molar-refractivity contribution is 0.210. The Bertz CT molecular complexity index is 349. The van der Waals surface area contributed by atoms with Crippen molar-refractivity contribution < 1.29 is 0 Å². The van der Waals surface area contributed by atoms with Crippen LogP contribution in [0.15, 0.2) is 18.3 Å². The van der Waals surface area contributed by atoms with Gasteiger partial charge in [-0.15, -0.1) is 0 Å². The summed E-state index contributed by atoms with van der Waals surface area (Å²) in [5, 5.41) is 0. The fourth-order valence-corrected chi connectivity index (χ4v) is 1.91. The predicted octanol–water partition coefficient (Wildman–Crippen LogP) is 1.68. The highest BCUT2D eigenvalue weighted by atomic mass is 15.2.